The maximum atomic E-state index is 11.3. The van der Waals surface area contributed by atoms with Crippen LogP contribution in [0.15, 0.2) is 0 Å². The molecular weight excluding hydrogens is 208 g/mol. The Morgan fingerprint density at radius 2 is 2.12 bits per heavy atom. The van der Waals surface area contributed by atoms with Crippen molar-refractivity contribution >= 4 is 6.09 Å². The summed E-state index contributed by atoms with van der Waals surface area (Å²) in [6.45, 7) is 5.83. The monoisotopic (exact) mass is 230 g/mol. The lowest BCUT2D eigenvalue weighted by molar-refractivity contribution is -0.0723. The van der Waals surface area contributed by atoms with E-state index in [1.165, 1.54) is 6.42 Å². The van der Waals surface area contributed by atoms with E-state index in [9.17, 15) is 4.79 Å². The van der Waals surface area contributed by atoms with Crippen molar-refractivity contribution in [3.8, 4) is 0 Å². The Kier molecular flexibility index (Phi) is 4.56. The SMILES string of the molecule is CC(C)(C)OC(=O)NOC(CN)C1CCC1. The normalized spacial score (nSPS) is 18.8. The number of carbonyl (C=O) groups is 1. The van der Waals surface area contributed by atoms with Crippen molar-refractivity contribution in [1.29, 1.82) is 0 Å². The van der Waals surface area contributed by atoms with Gasteiger partial charge in [-0.2, -0.15) is 5.48 Å². The van der Waals surface area contributed by atoms with Crippen molar-refractivity contribution < 1.29 is 14.4 Å². The van der Waals surface area contributed by atoms with Crippen molar-refractivity contribution in [1.82, 2.24) is 5.48 Å². The number of amides is 1. The molecule has 1 saturated carbocycles. The number of ether oxygens (including phenoxy) is 1. The van der Waals surface area contributed by atoms with E-state index in [2.05, 4.69) is 5.48 Å². The van der Waals surface area contributed by atoms with Gasteiger partial charge in [-0.25, -0.2) is 4.79 Å². The van der Waals surface area contributed by atoms with Crippen LogP contribution >= 0.6 is 0 Å². The maximum Gasteiger partial charge on any atom is 0.431 e. The van der Waals surface area contributed by atoms with Gasteiger partial charge < -0.3 is 10.5 Å². The molecule has 0 spiro atoms. The molecule has 0 aliphatic heterocycles. The second kappa shape index (κ2) is 5.50. The Bertz CT molecular complexity index is 234. The number of hydrogen-bond acceptors (Lipinski definition) is 4. The summed E-state index contributed by atoms with van der Waals surface area (Å²) < 4.78 is 5.05. The number of nitrogens with one attached hydrogen (secondary N) is 1. The summed E-state index contributed by atoms with van der Waals surface area (Å²) >= 11 is 0. The molecule has 5 nitrogen and oxygen atoms in total. The van der Waals surface area contributed by atoms with Crippen molar-refractivity contribution in [3.63, 3.8) is 0 Å². The van der Waals surface area contributed by atoms with Gasteiger partial charge in [0.25, 0.3) is 0 Å². The predicted octanol–water partition coefficient (Wildman–Crippen LogP) is 1.57. The van der Waals surface area contributed by atoms with Gasteiger partial charge in [0, 0.05) is 6.54 Å². The van der Waals surface area contributed by atoms with Gasteiger partial charge in [0.05, 0.1) is 0 Å². The molecule has 0 aromatic rings. The molecule has 1 unspecified atom stereocenters. The minimum absolute atomic E-state index is 0.0960. The van der Waals surface area contributed by atoms with Crippen LogP contribution in [0.1, 0.15) is 40.0 Å². The molecule has 94 valence electrons. The third-order valence-electron chi connectivity index (χ3n) is 2.60. The molecule has 1 aliphatic rings. The van der Waals surface area contributed by atoms with Gasteiger partial charge in [0.15, 0.2) is 0 Å². The van der Waals surface area contributed by atoms with E-state index in [1.807, 2.05) is 0 Å². The quantitative estimate of drug-likeness (QED) is 0.719. The largest absolute Gasteiger partial charge is 0.442 e. The van der Waals surface area contributed by atoms with Gasteiger partial charge in [-0.15, -0.1) is 0 Å². The summed E-state index contributed by atoms with van der Waals surface area (Å²) in [6.07, 6.45) is 2.80. The molecule has 3 N–H and O–H groups in total. The summed E-state index contributed by atoms with van der Waals surface area (Å²) in [5.74, 6) is 0.472. The van der Waals surface area contributed by atoms with Gasteiger partial charge in [0.2, 0.25) is 0 Å². The standard InChI is InChI=1S/C11H22N2O3/c1-11(2,3)15-10(14)13-16-9(7-12)8-5-4-6-8/h8-9H,4-7,12H2,1-3H3,(H,13,14). The molecular formula is C11H22N2O3. The first-order valence-corrected chi connectivity index (χ1v) is 5.77. The first-order valence-electron chi connectivity index (χ1n) is 5.77. The third-order valence-corrected chi connectivity index (χ3v) is 2.60. The number of hydroxylamine groups is 1. The van der Waals surface area contributed by atoms with Crippen LogP contribution in [0.4, 0.5) is 4.79 Å². The van der Waals surface area contributed by atoms with Crippen LogP contribution < -0.4 is 11.2 Å². The summed E-state index contributed by atoms with van der Waals surface area (Å²) in [6, 6.07) is 0. The first kappa shape index (κ1) is 13.3. The van der Waals surface area contributed by atoms with E-state index < -0.39 is 11.7 Å². The molecule has 0 bridgehead atoms. The highest BCUT2D eigenvalue weighted by atomic mass is 16.7. The highest BCUT2D eigenvalue weighted by Gasteiger charge is 2.28. The second-order valence-electron chi connectivity index (χ2n) is 5.19. The van der Waals surface area contributed by atoms with E-state index in [1.54, 1.807) is 20.8 Å². The van der Waals surface area contributed by atoms with Crippen LogP contribution in [0.25, 0.3) is 0 Å². The summed E-state index contributed by atoms with van der Waals surface area (Å²) in [7, 11) is 0. The fourth-order valence-corrected chi connectivity index (χ4v) is 1.57. The Morgan fingerprint density at radius 3 is 2.50 bits per heavy atom. The van der Waals surface area contributed by atoms with Crippen LogP contribution in [0, 0.1) is 5.92 Å². The van der Waals surface area contributed by atoms with E-state index >= 15 is 0 Å². The lowest BCUT2D eigenvalue weighted by atomic mass is 9.81. The number of hydrogen-bond donors (Lipinski definition) is 2. The topological polar surface area (TPSA) is 73.6 Å². The number of rotatable bonds is 4. The van der Waals surface area contributed by atoms with E-state index in [4.69, 9.17) is 15.3 Å². The molecule has 0 radical (unpaired) electrons. The fourth-order valence-electron chi connectivity index (χ4n) is 1.57. The zero-order valence-corrected chi connectivity index (χ0v) is 10.3. The van der Waals surface area contributed by atoms with Crippen LogP contribution in [-0.4, -0.2) is 24.3 Å². The average molecular weight is 230 g/mol. The Balaban J connectivity index is 2.23. The molecule has 1 amide bonds. The van der Waals surface area contributed by atoms with Crippen LogP contribution in [0.2, 0.25) is 0 Å². The van der Waals surface area contributed by atoms with Crippen molar-refractivity contribution in [3.05, 3.63) is 0 Å². The summed E-state index contributed by atoms with van der Waals surface area (Å²) in [4.78, 5) is 16.6. The average Bonchev–Trinajstić information content (AvgIpc) is 2.05. The Hall–Kier alpha value is -0.810. The van der Waals surface area contributed by atoms with Crippen LogP contribution in [-0.2, 0) is 9.57 Å². The van der Waals surface area contributed by atoms with E-state index in [0.29, 0.717) is 12.5 Å². The van der Waals surface area contributed by atoms with Crippen LogP contribution in [0.3, 0.4) is 0 Å². The molecule has 0 saturated heterocycles. The molecule has 16 heavy (non-hydrogen) atoms. The lowest BCUT2D eigenvalue weighted by Crippen LogP contribution is -2.42. The van der Waals surface area contributed by atoms with Crippen LogP contribution in [0.5, 0.6) is 0 Å². The van der Waals surface area contributed by atoms with E-state index in [0.717, 1.165) is 12.8 Å². The molecule has 1 rings (SSSR count). The molecule has 1 atom stereocenters. The fraction of sp³-hybridized carbons (Fsp3) is 0.909. The predicted molar refractivity (Wildman–Crippen MR) is 60.6 cm³/mol. The van der Waals surface area contributed by atoms with Gasteiger partial charge in [-0.3, -0.25) is 4.84 Å². The third kappa shape index (κ3) is 4.37. The maximum absolute atomic E-state index is 11.3. The smallest absolute Gasteiger partial charge is 0.431 e. The minimum Gasteiger partial charge on any atom is -0.442 e. The Labute approximate surface area is 96.6 Å². The molecule has 1 fully saturated rings. The lowest BCUT2D eigenvalue weighted by Gasteiger charge is -2.32. The molecule has 1 aliphatic carbocycles. The highest BCUT2D eigenvalue weighted by molar-refractivity contribution is 5.66. The minimum atomic E-state index is -0.565. The number of nitrogens with two attached hydrogens (primary N) is 1. The first-order chi connectivity index (χ1) is 7.42. The van der Waals surface area contributed by atoms with Crippen molar-refractivity contribution in [2.24, 2.45) is 11.7 Å². The van der Waals surface area contributed by atoms with Crippen molar-refractivity contribution in [2.75, 3.05) is 6.54 Å². The summed E-state index contributed by atoms with van der Waals surface area (Å²) in [5.41, 5.74) is 7.37. The molecule has 0 aromatic carbocycles. The van der Waals surface area contributed by atoms with Crippen molar-refractivity contribution in [2.45, 2.75) is 51.7 Å². The zero-order valence-electron chi connectivity index (χ0n) is 10.3. The highest BCUT2D eigenvalue weighted by Crippen LogP contribution is 2.30. The van der Waals surface area contributed by atoms with Gasteiger partial charge >= 0.3 is 6.09 Å². The zero-order chi connectivity index (χ0) is 12.2. The Morgan fingerprint density at radius 1 is 1.50 bits per heavy atom. The van der Waals surface area contributed by atoms with E-state index in [-0.39, 0.29) is 6.10 Å². The second-order valence-corrected chi connectivity index (χ2v) is 5.19. The molecule has 0 heterocycles. The van der Waals surface area contributed by atoms with Gasteiger partial charge in [-0.05, 0) is 39.5 Å². The number of carbonyl (C=O) groups excluding carboxylic acids is 1. The molecule has 5 heteroatoms. The van der Waals surface area contributed by atoms with Gasteiger partial charge in [0.1, 0.15) is 11.7 Å². The van der Waals surface area contributed by atoms with Gasteiger partial charge in [-0.1, -0.05) is 6.42 Å². The molecule has 0 aromatic heterocycles. The summed E-state index contributed by atoms with van der Waals surface area (Å²) in [5, 5.41) is 0.